The minimum Gasteiger partial charge on any atom is -0.466 e. The number of fused-ring (bicyclic) bond motifs is 3. The van der Waals surface area contributed by atoms with E-state index in [1.54, 1.807) is 48.5 Å². The standard InChI is InChI=1S/C19H15N3O4/c1-26-18(24)14-15(11-7-3-2-4-8-11)21-19(25)22-13-10-6-5-9-12(13)20-17(23)16(14)22/h2-10,15H,1H3,(H,20,23)(H,21,25). The van der Waals surface area contributed by atoms with Crippen LogP contribution >= 0.6 is 0 Å². The number of para-hydroxylation sites is 2. The number of methoxy groups -OCH3 is 1. The molecule has 0 aromatic heterocycles. The van der Waals surface area contributed by atoms with Crippen LogP contribution in [0.3, 0.4) is 0 Å². The molecule has 7 heteroatoms. The zero-order valence-corrected chi connectivity index (χ0v) is 13.9. The number of benzene rings is 2. The van der Waals surface area contributed by atoms with E-state index in [1.807, 2.05) is 6.07 Å². The molecule has 0 aliphatic carbocycles. The minimum atomic E-state index is -0.779. The Labute approximate surface area is 149 Å². The van der Waals surface area contributed by atoms with Crippen molar-refractivity contribution in [1.29, 1.82) is 0 Å². The Morgan fingerprint density at radius 3 is 2.46 bits per heavy atom. The normalized spacial score (nSPS) is 18.5. The average Bonchev–Trinajstić information content (AvgIpc) is 2.68. The minimum absolute atomic E-state index is 0.0202. The van der Waals surface area contributed by atoms with Gasteiger partial charge in [0.15, 0.2) is 0 Å². The second-order valence-electron chi connectivity index (χ2n) is 5.85. The van der Waals surface area contributed by atoms with Gasteiger partial charge >= 0.3 is 12.0 Å². The number of ether oxygens (including phenoxy) is 1. The number of carbonyl (C=O) groups is 3. The molecule has 2 aromatic rings. The first-order chi connectivity index (χ1) is 12.6. The molecular weight excluding hydrogens is 334 g/mol. The summed E-state index contributed by atoms with van der Waals surface area (Å²) in [6.07, 6.45) is 0. The van der Waals surface area contributed by atoms with Crippen LogP contribution in [-0.2, 0) is 14.3 Å². The number of amides is 3. The van der Waals surface area contributed by atoms with Gasteiger partial charge in [-0.25, -0.2) is 9.59 Å². The van der Waals surface area contributed by atoms with Crippen LogP contribution in [0.25, 0.3) is 0 Å². The molecule has 2 N–H and O–H groups in total. The summed E-state index contributed by atoms with van der Waals surface area (Å²) >= 11 is 0. The fraction of sp³-hybridized carbons (Fsp3) is 0.105. The van der Waals surface area contributed by atoms with Crippen molar-refractivity contribution in [2.75, 3.05) is 17.3 Å². The zero-order chi connectivity index (χ0) is 18.3. The predicted molar refractivity (Wildman–Crippen MR) is 94.3 cm³/mol. The van der Waals surface area contributed by atoms with Gasteiger partial charge in [0.05, 0.1) is 30.1 Å². The van der Waals surface area contributed by atoms with Crippen LogP contribution in [0.15, 0.2) is 65.9 Å². The highest BCUT2D eigenvalue weighted by atomic mass is 16.5. The highest BCUT2D eigenvalue weighted by Crippen LogP contribution is 2.40. The summed E-state index contributed by atoms with van der Waals surface area (Å²) in [7, 11) is 1.24. The number of anilines is 2. The highest BCUT2D eigenvalue weighted by molar-refractivity contribution is 6.23. The molecule has 1 atom stereocenters. The summed E-state index contributed by atoms with van der Waals surface area (Å²) in [5, 5.41) is 5.54. The number of nitrogens with zero attached hydrogens (tertiary/aromatic N) is 1. The molecule has 2 aliphatic rings. The van der Waals surface area contributed by atoms with Crippen molar-refractivity contribution >= 4 is 29.3 Å². The zero-order valence-electron chi connectivity index (χ0n) is 13.9. The lowest BCUT2D eigenvalue weighted by Crippen LogP contribution is -2.53. The molecule has 0 radical (unpaired) electrons. The lowest BCUT2D eigenvalue weighted by atomic mass is 9.93. The van der Waals surface area contributed by atoms with E-state index in [-0.39, 0.29) is 11.3 Å². The lowest BCUT2D eigenvalue weighted by molar-refractivity contribution is -0.137. The number of urea groups is 1. The van der Waals surface area contributed by atoms with E-state index in [9.17, 15) is 14.4 Å². The van der Waals surface area contributed by atoms with E-state index in [4.69, 9.17) is 4.74 Å². The van der Waals surface area contributed by atoms with Gasteiger partial charge in [0.2, 0.25) is 0 Å². The summed E-state index contributed by atoms with van der Waals surface area (Å²) in [6.45, 7) is 0. The van der Waals surface area contributed by atoms with Gasteiger partial charge < -0.3 is 15.4 Å². The molecule has 3 amide bonds. The number of rotatable bonds is 2. The van der Waals surface area contributed by atoms with Gasteiger partial charge in [0, 0.05) is 0 Å². The Morgan fingerprint density at radius 1 is 1.04 bits per heavy atom. The van der Waals surface area contributed by atoms with Crippen molar-refractivity contribution in [2.45, 2.75) is 6.04 Å². The molecule has 0 bridgehead atoms. The van der Waals surface area contributed by atoms with E-state index in [1.165, 1.54) is 12.0 Å². The largest absolute Gasteiger partial charge is 0.466 e. The van der Waals surface area contributed by atoms with Crippen molar-refractivity contribution in [3.8, 4) is 0 Å². The fourth-order valence-electron chi connectivity index (χ4n) is 3.25. The molecule has 26 heavy (non-hydrogen) atoms. The molecular formula is C19H15N3O4. The Morgan fingerprint density at radius 2 is 1.73 bits per heavy atom. The average molecular weight is 349 g/mol. The number of esters is 1. The molecule has 0 saturated carbocycles. The van der Waals surface area contributed by atoms with E-state index in [0.717, 1.165) is 0 Å². The van der Waals surface area contributed by atoms with E-state index < -0.39 is 23.9 Å². The van der Waals surface area contributed by atoms with Gasteiger partial charge in [-0.1, -0.05) is 42.5 Å². The number of nitrogens with one attached hydrogen (secondary N) is 2. The monoisotopic (exact) mass is 349 g/mol. The second kappa shape index (κ2) is 6.03. The number of carbonyl (C=O) groups excluding carboxylic acids is 3. The quantitative estimate of drug-likeness (QED) is 0.815. The van der Waals surface area contributed by atoms with Crippen LogP contribution in [0.2, 0.25) is 0 Å². The van der Waals surface area contributed by atoms with Crippen molar-refractivity contribution in [1.82, 2.24) is 5.32 Å². The van der Waals surface area contributed by atoms with E-state index in [0.29, 0.717) is 16.9 Å². The van der Waals surface area contributed by atoms with Gasteiger partial charge in [0.25, 0.3) is 5.91 Å². The van der Waals surface area contributed by atoms with Crippen LogP contribution in [0.5, 0.6) is 0 Å². The molecule has 0 saturated heterocycles. The number of hydrogen-bond donors (Lipinski definition) is 2. The van der Waals surface area contributed by atoms with E-state index >= 15 is 0 Å². The van der Waals surface area contributed by atoms with Crippen molar-refractivity contribution in [3.05, 3.63) is 71.4 Å². The molecule has 0 fully saturated rings. The predicted octanol–water partition coefficient (Wildman–Crippen LogP) is 2.34. The third-order valence-electron chi connectivity index (χ3n) is 4.38. The van der Waals surface area contributed by atoms with Gasteiger partial charge in [-0.2, -0.15) is 0 Å². The first-order valence-electron chi connectivity index (χ1n) is 8.00. The van der Waals surface area contributed by atoms with Gasteiger partial charge in [-0.3, -0.25) is 9.69 Å². The Balaban J connectivity index is 1.97. The summed E-state index contributed by atoms with van der Waals surface area (Å²) < 4.78 is 4.91. The van der Waals surface area contributed by atoms with Crippen LogP contribution in [-0.4, -0.2) is 25.0 Å². The highest BCUT2D eigenvalue weighted by Gasteiger charge is 2.44. The first-order valence-corrected chi connectivity index (χ1v) is 8.00. The van der Waals surface area contributed by atoms with Crippen molar-refractivity contribution in [3.63, 3.8) is 0 Å². The molecule has 2 heterocycles. The number of hydrogen-bond acceptors (Lipinski definition) is 4. The van der Waals surface area contributed by atoms with E-state index in [2.05, 4.69) is 10.6 Å². The smallest absolute Gasteiger partial charge is 0.338 e. The Bertz CT molecular complexity index is 952. The maximum Gasteiger partial charge on any atom is 0.338 e. The Hall–Kier alpha value is -3.61. The summed E-state index contributed by atoms with van der Waals surface area (Å²) in [5.41, 5.74) is 1.74. The topological polar surface area (TPSA) is 87.7 Å². The second-order valence-corrected chi connectivity index (χ2v) is 5.85. The summed E-state index contributed by atoms with van der Waals surface area (Å²) in [5.74, 6) is -1.20. The molecule has 4 rings (SSSR count). The SMILES string of the molecule is COC(=O)C1=C2C(=O)Nc3ccccc3N2C(=O)NC1c1ccccc1. The molecule has 7 nitrogen and oxygen atoms in total. The third-order valence-corrected chi connectivity index (χ3v) is 4.38. The summed E-state index contributed by atoms with van der Waals surface area (Å²) in [6, 6.07) is 14.6. The lowest BCUT2D eigenvalue weighted by Gasteiger charge is -2.38. The fourth-order valence-corrected chi connectivity index (χ4v) is 3.25. The maximum absolute atomic E-state index is 12.8. The maximum atomic E-state index is 12.8. The van der Waals surface area contributed by atoms with Crippen molar-refractivity contribution in [2.24, 2.45) is 0 Å². The van der Waals surface area contributed by atoms with Gasteiger partial charge in [-0.05, 0) is 17.7 Å². The molecule has 1 unspecified atom stereocenters. The van der Waals surface area contributed by atoms with Crippen LogP contribution in [0.4, 0.5) is 16.2 Å². The molecule has 0 spiro atoms. The van der Waals surface area contributed by atoms with Crippen LogP contribution < -0.4 is 15.5 Å². The molecule has 2 aromatic carbocycles. The third kappa shape index (κ3) is 2.33. The summed E-state index contributed by atoms with van der Waals surface area (Å²) in [4.78, 5) is 39.3. The molecule has 2 aliphatic heterocycles. The van der Waals surface area contributed by atoms with Crippen LogP contribution in [0.1, 0.15) is 11.6 Å². The first kappa shape index (κ1) is 15.9. The van der Waals surface area contributed by atoms with Gasteiger partial charge in [-0.15, -0.1) is 0 Å². The van der Waals surface area contributed by atoms with Crippen LogP contribution in [0, 0.1) is 0 Å². The van der Waals surface area contributed by atoms with Gasteiger partial charge in [0.1, 0.15) is 5.70 Å². The molecule has 130 valence electrons. The Kier molecular flexibility index (Phi) is 3.69. The van der Waals surface area contributed by atoms with Crippen molar-refractivity contribution < 1.29 is 19.1 Å².